The van der Waals surface area contributed by atoms with Crippen LogP contribution in [-0.4, -0.2) is 78.3 Å². The van der Waals surface area contributed by atoms with Gasteiger partial charge in [0.1, 0.15) is 5.82 Å². The van der Waals surface area contributed by atoms with Gasteiger partial charge in [-0.1, -0.05) is 41.6 Å². The molecule has 4 heterocycles. The lowest BCUT2D eigenvalue weighted by Crippen LogP contribution is -2.51. The third-order valence-electron chi connectivity index (χ3n) is 6.74. The van der Waals surface area contributed by atoms with Crippen LogP contribution in [-0.2, 0) is 9.63 Å². The van der Waals surface area contributed by atoms with Gasteiger partial charge in [0.05, 0.1) is 5.71 Å². The lowest BCUT2D eigenvalue weighted by Gasteiger charge is -2.40. The van der Waals surface area contributed by atoms with Crippen molar-refractivity contribution in [3.8, 4) is 0 Å². The van der Waals surface area contributed by atoms with Gasteiger partial charge in [-0.05, 0) is 36.5 Å². The molecule has 0 unspecified atom stereocenters. The van der Waals surface area contributed by atoms with Crippen molar-refractivity contribution >= 4 is 17.4 Å². The number of anilines is 1. The molecular weight excluding hydrogens is 402 g/mol. The van der Waals surface area contributed by atoms with E-state index < -0.39 is 6.10 Å². The van der Waals surface area contributed by atoms with Gasteiger partial charge in [0, 0.05) is 58.4 Å². The number of carbonyl (C=O) groups is 1. The lowest BCUT2D eigenvalue weighted by molar-refractivity contribution is -0.144. The predicted molar refractivity (Wildman–Crippen MR) is 125 cm³/mol. The summed E-state index contributed by atoms with van der Waals surface area (Å²) in [4.78, 5) is 30.0. The molecular formula is C25H31N5O2. The average Bonchev–Trinajstić information content (AvgIpc) is 3.36. The molecule has 2 saturated heterocycles. The van der Waals surface area contributed by atoms with Crippen LogP contribution < -0.4 is 4.90 Å². The second-order valence-electron chi connectivity index (χ2n) is 8.97. The average molecular weight is 434 g/mol. The van der Waals surface area contributed by atoms with Crippen molar-refractivity contribution in [3.63, 3.8) is 0 Å². The minimum absolute atomic E-state index is 0.0874. The van der Waals surface area contributed by atoms with Crippen LogP contribution in [0.3, 0.4) is 0 Å². The van der Waals surface area contributed by atoms with Gasteiger partial charge in [-0.3, -0.25) is 9.69 Å². The maximum Gasteiger partial charge on any atom is 0.266 e. The minimum Gasteiger partial charge on any atom is -0.382 e. The first-order valence-corrected chi connectivity index (χ1v) is 11.7. The van der Waals surface area contributed by atoms with E-state index >= 15 is 0 Å². The normalized spacial score (nSPS) is 24.2. The number of piperidine rings is 1. The van der Waals surface area contributed by atoms with Crippen LogP contribution in [0.15, 0.2) is 59.9 Å². The van der Waals surface area contributed by atoms with Gasteiger partial charge in [0.25, 0.3) is 5.91 Å². The first-order valence-electron chi connectivity index (χ1n) is 11.7. The van der Waals surface area contributed by atoms with Crippen molar-refractivity contribution in [1.29, 1.82) is 0 Å². The van der Waals surface area contributed by atoms with Crippen molar-refractivity contribution in [2.24, 2.45) is 11.1 Å². The zero-order valence-electron chi connectivity index (χ0n) is 18.5. The lowest BCUT2D eigenvalue weighted by atomic mass is 9.96. The first-order chi connectivity index (χ1) is 15.8. The smallest absolute Gasteiger partial charge is 0.266 e. The third kappa shape index (κ3) is 4.78. The van der Waals surface area contributed by atoms with Crippen LogP contribution in [0.2, 0.25) is 0 Å². The molecule has 168 valence electrons. The van der Waals surface area contributed by atoms with Crippen LogP contribution in [0.4, 0.5) is 5.82 Å². The number of pyridine rings is 1. The molecule has 2 atom stereocenters. The summed E-state index contributed by atoms with van der Waals surface area (Å²) in [5, 5.41) is 4.20. The molecule has 1 aromatic heterocycles. The number of aromatic nitrogens is 1. The Bertz CT molecular complexity index is 928. The van der Waals surface area contributed by atoms with Crippen molar-refractivity contribution in [1.82, 2.24) is 14.8 Å². The number of likely N-dealkylation sites (tertiary alicyclic amines) is 1. The topological polar surface area (TPSA) is 61.3 Å². The van der Waals surface area contributed by atoms with Crippen molar-refractivity contribution in [3.05, 3.63) is 60.3 Å². The van der Waals surface area contributed by atoms with E-state index in [2.05, 4.69) is 26.0 Å². The second kappa shape index (κ2) is 9.69. The van der Waals surface area contributed by atoms with E-state index in [9.17, 15) is 4.79 Å². The van der Waals surface area contributed by atoms with Gasteiger partial charge < -0.3 is 14.6 Å². The Labute approximate surface area is 189 Å². The molecule has 1 amide bonds. The SMILES string of the molecule is O=C([C@H]1CC(c2ccccc2)=NO1)N1CCC[C@@H](CN2CCN(c3ccccn3)CC2)C1. The van der Waals surface area contributed by atoms with Crippen LogP contribution in [0.1, 0.15) is 24.8 Å². The highest BCUT2D eigenvalue weighted by Crippen LogP contribution is 2.23. The van der Waals surface area contributed by atoms with E-state index in [0.717, 1.165) is 69.3 Å². The molecule has 0 spiro atoms. The van der Waals surface area contributed by atoms with Crippen LogP contribution in [0.5, 0.6) is 0 Å². The van der Waals surface area contributed by atoms with E-state index in [1.54, 1.807) is 0 Å². The molecule has 5 rings (SSSR count). The van der Waals surface area contributed by atoms with Crippen LogP contribution in [0, 0.1) is 5.92 Å². The molecule has 2 fully saturated rings. The maximum absolute atomic E-state index is 13.1. The van der Waals surface area contributed by atoms with Crippen molar-refractivity contribution < 1.29 is 9.63 Å². The van der Waals surface area contributed by atoms with Gasteiger partial charge >= 0.3 is 0 Å². The summed E-state index contributed by atoms with van der Waals surface area (Å²) < 4.78 is 0. The molecule has 0 saturated carbocycles. The highest BCUT2D eigenvalue weighted by molar-refractivity contribution is 6.04. The number of carbonyl (C=O) groups excluding carboxylic acids is 1. The molecule has 2 aromatic rings. The summed E-state index contributed by atoms with van der Waals surface area (Å²) in [5.74, 6) is 1.67. The first kappa shape index (κ1) is 20.9. The number of benzene rings is 1. The van der Waals surface area contributed by atoms with Gasteiger partial charge in [0.2, 0.25) is 6.10 Å². The Balaban J connectivity index is 1.10. The quantitative estimate of drug-likeness (QED) is 0.726. The largest absolute Gasteiger partial charge is 0.382 e. The third-order valence-corrected chi connectivity index (χ3v) is 6.74. The highest BCUT2D eigenvalue weighted by Gasteiger charge is 2.35. The fraction of sp³-hybridized carbons (Fsp3) is 0.480. The predicted octanol–water partition coefficient (Wildman–Crippen LogP) is 2.64. The Morgan fingerprint density at radius 1 is 1.00 bits per heavy atom. The van der Waals surface area contributed by atoms with E-state index in [1.165, 1.54) is 6.42 Å². The molecule has 32 heavy (non-hydrogen) atoms. The number of nitrogens with zero attached hydrogens (tertiary/aromatic N) is 5. The molecule has 3 aliphatic heterocycles. The Hall–Kier alpha value is -2.93. The maximum atomic E-state index is 13.1. The minimum atomic E-state index is -0.481. The Kier molecular flexibility index (Phi) is 6.34. The summed E-state index contributed by atoms with van der Waals surface area (Å²) in [6, 6.07) is 16.1. The highest BCUT2D eigenvalue weighted by atomic mass is 16.6. The molecule has 7 nitrogen and oxygen atoms in total. The summed E-state index contributed by atoms with van der Waals surface area (Å²) >= 11 is 0. The summed E-state index contributed by atoms with van der Waals surface area (Å²) in [5.41, 5.74) is 1.90. The molecule has 3 aliphatic rings. The van der Waals surface area contributed by atoms with Gasteiger partial charge in [-0.2, -0.15) is 0 Å². The van der Waals surface area contributed by atoms with E-state index in [0.29, 0.717) is 12.3 Å². The number of hydrogen-bond acceptors (Lipinski definition) is 6. The number of oxime groups is 1. The van der Waals surface area contributed by atoms with Gasteiger partial charge in [0.15, 0.2) is 0 Å². The van der Waals surface area contributed by atoms with Crippen molar-refractivity contribution in [2.75, 3.05) is 50.7 Å². The number of amides is 1. The van der Waals surface area contributed by atoms with Crippen molar-refractivity contribution in [2.45, 2.75) is 25.4 Å². The zero-order chi connectivity index (χ0) is 21.8. The van der Waals surface area contributed by atoms with Gasteiger partial charge in [-0.15, -0.1) is 0 Å². The number of piperazine rings is 1. The van der Waals surface area contributed by atoms with Crippen LogP contribution >= 0.6 is 0 Å². The fourth-order valence-electron chi connectivity index (χ4n) is 4.99. The standard InChI is InChI=1S/C25H31N5O2/c31-25(23-17-22(27-32-23)21-8-2-1-3-9-21)30-12-6-7-20(19-30)18-28-13-15-29(16-14-28)24-10-4-5-11-26-24/h1-5,8-11,20,23H,6-7,12-19H2/t20-,23+/m0/s1. The molecule has 7 heteroatoms. The molecule has 1 aromatic carbocycles. The van der Waals surface area contributed by atoms with Gasteiger partial charge in [-0.25, -0.2) is 4.98 Å². The van der Waals surface area contributed by atoms with E-state index in [4.69, 9.17) is 4.84 Å². The number of rotatable bonds is 5. The number of hydrogen-bond donors (Lipinski definition) is 0. The second-order valence-corrected chi connectivity index (χ2v) is 8.97. The molecule has 0 bridgehead atoms. The molecule has 0 N–H and O–H groups in total. The zero-order valence-corrected chi connectivity index (χ0v) is 18.5. The van der Waals surface area contributed by atoms with E-state index in [1.807, 2.05) is 53.6 Å². The summed E-state index contributed by atoms with van der Waals surface area (Å²) in [6.07, 6.45) is 4.17. The molecule has 0 aliphatic carbocycles. The Morgan fingerprint density at radius 3 is 2.59 bits per heavy atom. The fourth-order valence-corrected chi connectivity index (χ4v) is 4.99. The molecule has 0 radical (unpaired) electrons. The summed E-state index contributed by atoms with van der Waals surface area (Å²) in [7, 11) is 0. The monoisotopic (exact) mass is 433 g/mol. The van der Waals surface area contributed by atoms with E-state index in [-0.39, 0.29) is 5.91 Å². The van der Waals surface area contributed by atoms with Crippen LogP contribution in [0.25, 0.3) is 0 Å². The Morgan fingerprint density at radius 2 is 1.81 bits per heavy atom. The summed E-state index contributed by atoms with van der Waals surface area (Å²) in [6.45, 7) is 6.78.